The Morgan fingerprint density at radius 3 is 2.61 bits per heavy atom. The molecule has 2 aromatic carbocycles. The van der Waals surface area contributed by atoms with Gasteiger partial charge in [-0.1, -0.05) is 12.1 Å². The summed E-state index contributed by atoms with van der Waals surface area (Å²) in [5.41, 5.74) is 1.85. The van der Waals surface area contributed by atoms with E-state index in [-0.39, 0.29) is 11.3 Å². The zero-order valence-electron chi connectivity index (χ0n) is 11.8. The predicted molar refractivity (Wildman–Crippen MR) is 78.9 cm³/mol. The molecule has 1 heterocycles. The normalized spacial score (nSPS) is 11.1. The summed E-state index contributed by atoms with van der Waals surface area (Å²) < 4.78 is 30.2. The average molecular weight is 318 g/mol. The first-order valence-corrected chi connectivity index (χ1v) is 6.75. The molecular weight excluding hydrogens is 306 g/mol. The smallest absolute Gasteiger partial charge is 0.387 e. The maximum absolute atomic E-state index is 12.1. The summed E-state index contributed by atoms with van der Waals surface area (Å²) in [7, 11) is 0. The van der Waals surface area contributed by atoms with E-state index >= 15 is 0 Å². The molecule has 23 heavy (non-hydrogen) atoms. The van der Waals surface area contributed by atoms with Crippen LogP contribution in [0.4, 0.5) is 8.78 Å². The SMILES string of the molecule is O=C(O)c1ccc2c(cnn2Cc2ccc(OC(F)F)cc2)c1. The third kappa shape index (κ3) is 3.28. The number of rotatable bonds is 5. The second-order valence-electron chi connectivity index (χ2n) is 4.90. The van der Waals surface area contributed by atoms with E-state index in [2.05, 4.69) is 9.84 Å². The Kier molecular flexibility index (Phi) is 3.92. The number of carboxylic acid groups (broad SMARTS) is 1. The average Bonchev–Trinajstić information content (AvgIpc) is 2.91. The van der Waals surface area contributed by atoms with Crippen LogP contribution in [0, 0.1) is 0 Å². The van der Waals surface area contributed by atoms with Crippen LogP contribution in [0.5, 0.6) is 5.75 Å². The Balaban J connectivity index is 1.82. The number of benzene rings is 2. The molecule has 3 rings (SSSR count). The van der Waals surface area contributed by atoms with Crippen molar-refractivity contribution in [2.24, 2.45) is 0 Å². The zero-order chi connectivity index (χ0) is 16.4. The van der Waals surface area contributed by atoms with E-state index in [9.17, 15) is 13.6 Å². The third-order valence-corrected chi connectivity index (χ3v) is 3.37. The molecule has 3 aromatic rings. The van der Waals surface area contributed by atoms with Gasteiger partial charge in [0.05, 0.1) is 23.8 Å². The molecule has 0 radical (unpaired) electrons. The molecule has 118 valence electrons. The lowest BCUT2D eigenvalue weighted by atomic mass is 10.1. The van der Waals surface area contributed by atoms with Crippen LogP contribution in [0.25, 0.3) is 10.9 Å². The van der Waals surface area contributed by atoms with E-state index in [0.29, 0.717) is 6.54 Å². The van der Waals surface area contributed by atoms with Crippen molar-refractivity contribution in [1.82, 2.24) is 9.78 Å². The van der Waals surface area contributed by atoms with Gasteiger partial charge in [0, 0.05) is 5.39 Å². The summed E-state index contributed by atoms with van der Waals surface area (Å²) in [6.07, 6.45) is 1.59. The second kappa shape index (κ2) is 6.04. The molecular formula is C16H12F2N2O3. The first-order chi connectivity index (χ1) is 11.0. The molecule has 0 unspecified atom stereocenters. The lowest BCUT2D eigenvalue weighted by Gasteiger charge is -2.07. The number of halogens is 2. The van der Waals surface area contributed by atoms with Crippen molar-refractivity contribution in [3.05, 3.63) is 59.8 Å². The standard InChI is InChI=1S/C16H12F2N2O3/c17-16(18)23-13-4-1-10(2-5-13)9-20-14-6-3-11(15(21)22)7-12(14)8-19-20/h1-8,16H,9H2,(H,21,22). The summed E-state index contributed by atoms with van der Waals surface area (Å²) in [6.45, 7) is -2.41. The fourth-order valence-electron chi connectivity index (χ4n) is 2.30. The van der Waals surface area contributed by atoms with Gasteiger partial charge in [-0.25, -0.2) is 4.79 Å². The van der Waals surface area contributed by atoms with Crippen LogP contribution in [0.2, 0.25) is 0 Å². The number of hydrogen-bond acceptors (Lipinski definition) is 3. The van der Waals surface area contributed by atoms with Crippen molar-refractivity contribution < 1.29 is 23.4 Å². The topological polar surface area (TPSA) is 64.3 Å². The van der Waals surface area contributed by atoms with Gasteiger partial charge in [0.2, 0.25) is 0 Å². The number of aromatic carboxylic acids is 1. The summed E-state index contributed by atoms with van der Waals surface area (Å²) in [5.74, 6) is -0.894. The summed E-state index contributed by atoms with van der Waals surface area (Å²) in [5, 5.41) is 13.9. The Labute approximate surface area is 129 Å². The predicted octanol–water partition coefficient (Wildman–Crippen LogP) is 3.38. The Morgan fingerprint density at radius 2 is 1.96 bits per heavy atom. The van der Waals surface area contributed by atoms with Crippen molar-refractivity contribution in [3.8, 4) is 5.75 Å². The van der Waals surface area contributed by atoms with Crippen LogP contribution in [-0.2, 0) is 6.54 Å². The van der Waals surface area contributed by atoms with Crippen LogP contribution >= 0.6 is 0 Å². The number of nitrogens with zero attached hydrogens (tertiary/aromatic N) is 2. The maximum Gasteiger partial charge on any atom is 0.387 e. The molecule has 0 spiro atoms. The van der Waals surface area contributed by atoms with Gasteiger partial charge < -0.3 is 9.84 Å². The number of fused-ring (bicyclic) bond motifs is 1. The number of carbonyl (C=O) groups is 1. The highest BCUT2D eigenvalue weighted by molar-refractivity contribution is 5.93. The van der Waals surface area contributed by atoms with E-state index < -0.39 is 12.6 Å². The highest BCUT2D eigenvalue weighted by Gasteiger charge is 2.09. The molecule has 0 atom stereocenters. The van der Waals surface area contributed by atoms with Gasteiger partial charge >= 0.3 is 12.6 Å². The van der Waals surface area contributed by atoms with Gasteiger partial charge in [-0.3, -0.25) is 4.68 Å². The Morgan fingerprint density at radius 1 is 1.22 bits per heavy atom. The molecule has 0 aliphatic carbocycles. The quantitative estimate of drug-likeness (QED) is 0.783. The minimum atomic E-state index is -2.85. The van der Waals surface area contributed by atoms with Gasteiger partial charge in [0.15, 0.2) is 0 Å². The number of hydrogen-bond donors (Lipinski definition) is 1. The van der Waals surface area contributed by atoms with Crippen molar-refractivity contribution in [2.75, 3.05) is 0 Å². The summed E-state index contributed by atoms with van der Waals surface area (Å²) in [4.78, 5) is 11.0. The minimum Gasteiger partial charge on any atom is -0.478 e. The van der Waals surface area contributed by atoms with Crippen LogP contribution in [0.15, 0.2) is 48.7 Å². The second-order valence-corrected chi connectivity index (χ2v) is 4.90. The van der Waals surface area contributed by atoms with Crippen molar-refractivity contribution in [2.45, 2.75) is 13.2 Å². The van der Waals surface area contributed by atoms with E-state index in [4.69, 9.17) is 5.11 Å². The van der Waals surface area contributed by atoms with E-state index in [1.165, 1.54) is 18.2 Å². The maximum atomic E-state index is 12.1. The third-order valence-electron chi connectivity index (χ3n) is 3.37. The summed E-state index contributed by atoms with van der Waals surface area (Å²) in [6, 6.07) is 11.1. The Hall–Kier alpha value is -2.96. The number of aromatic nitrogens is 2. The molecule has 0 fully saturated rings. The number of ether oxygens (including phenoxy) is 1. The molecule has 0 aliphatic rings. The summed E-state index contributed by atoms with van der Waals surface area (Å²) >= 11 is 0. The lowest BCUT2D eigenvalue weighted by molar-refractivity contribution is -0.0498. The molecule has 0 bridgehead atoms. The molecule has 7 heteroatoms. The van der Waals surface area contributed by atoms with Crippen molar-refractivity contribution in [3.63, 3.8) is 0 Å². The number of carboxylic acids is 1. The van der Waals surface area contributed by atoms with Crippen LogP contribution < -0.4 is 4.74 Å². The van der Waals surface area contributed by atoms with Crippen LogP contribution in [0.1, 0.15) is 15.9 Å². The van der Waals surface area contributed by atoms with E-state index in [1.807, 2.05) is 0 Å². The Bertz CT molecular complexity index is 844. The van der Waals surface area contributed by atoms with E-state index in [1.54, 1.807) is 35.1 Å². The molecule has 0 aliphatic heterocycles. The first-order valence-electron chi connectivity index (χ1n) is 6.75. The molecule has 1 aromatic heterocycles. The molecule has 1 N–H and O–H groups in total. The van der Waals surface area contributed by atoms with Gasteiger partial charge in [0.25, 0.3) is 0 Å². The monoisotopic (exact) mass is 318 g/mol. The van der Waals surface area contributed by atoms with Gasteiger partial charge in [-0.05, 0) is 35.9 Å². The molecule has 0 saturated carbocycles. The van der Waals surface area contributed by atoms with Crippen molar-refractivity contribution >= 4 is 16.9 Å². The largest absolute Gasteiger partial charge is 0.478 e. The van der Waals surface area contributed by atoms with E-state index in [0.717, 1.165) is 16.5 Å². The van der Waals surface area contributed by atoms with Crippen molar-refractivity contribution in [1.29, 1.82) is 0 Å². The molecule has 0 saturated heterocycles. The van der Waals surface area contributed by atoms with Gasteiger partial charge in [0.1, 0.15) is 5.75 Å². The zero-order valence-corrected chi connectivity index (χ0v) is 11.8. The number of alkyl halides is 2. The van der Waals surface area contributed by atoms with Gasteiger partial charge in [-0.2, -0.15) is 13.9 Å². The first kappa shape index (κ1) is 15.0. The highest BCUT2D eigenvalue weighted by atomic mass is 19.3. The van der Waals surface area contributed by atoms with Crippen LogP contribution in [-0.4, -0.2) is 27.5 Å². The molecule has 0 amide bonds. The van der Waals surface area contributed by atoms with Gasteiger partial charge in [-0.15, -0.1) is 0 Å². The highest BCUT2D eigenvalue weighted by Crippen LogP contribution is 2.19. The fourth-order valence-corrected chi connectivity index (χ4v) is 2.30. The van der Waals surface area contributed by atoms with Crippen LogP contribution in [0.3, 0.4) is 0 Å². The lowest BCUT2D eigenvalue weighted by Crippen LogP contribution is -2.03. The minimum absolute atomic E-state index is 0.0974. The fraction of sp³-hybridized carbons (Fsp3) is 0.125. The molecule has 5 nitrogen and oxygen atoms in total.